The van der Waals surface area contributed by atoms with Gasteiger partial charge in [0, 0.05) is 11.8 Å². The molecule has 166 valence electrons. The first-order chi connectivity index (χ1) is 15.0. The highest BCUT2D eigenvalue weighted by molar-refractivity contribution is 6.02. The summed E-state index contributed by atoms with van der Waals surface area (Å²) in [6.45, 7) is 3.14. The lowest BCUT2D eigenvalue weighted by Crippen LogP contribution is -2.31. The van der Waals surface area contributed by atoms with Gasteiger partial charge in [0.1, 0.15) is 12.2 Å². The van der Waals surface area contributed by atoms with Crippen molar-refractivity contribution in [3.63, 3.8) is 0 Å². The van der Waals surface area contributed by atoms with Gasteiger partial charge >= 0.3 is 6.18 Å². The van der Waals surface area contributed by atoms with Crippen molar-refractivity contribution in [3.05, 3.63) is 87.3 Å². The molecule has 2 amide bonds. The number of carbonyl (C=O) groups excluding carboxylic acids is 2. The molecular formula is C22H19F3N4O3. The fraction of sp³-hybridized carbons (Fsp3) is 0.182. The lowest BCUT2D eigenvalue weighted by atomic mass is 10.1. The van der Waals surface area contributed by atoms with E-state index in [0.29, 0.717) is 10.4 Å². The number of alkyl halides is 3. The van der Waals surface area contributed by atoms with Crippen LogP contribution >= 0.6 is 0 Å². The molecule has 0 bridgehead atoms. The molecule has 0 atom stereocenters. The topological polar surface area (TPSA) is 93.1 Å². The number of carbonyl (C=O) groups is 2. The van der Waals surface area contributed by atoms with Crippen molar-refractivity contribution in [1.29, 1.82) is 0 Å². The number of anilines is 2. The molecule has 0 spiro atoms. The van der Waals surface area contributed by atoms with Crippen LogP contribution in [-0.4, -0.2) is 21.6 Å². The van der Waals surface area contributed by atoms with Gasteiger partial charge in [-0.25, -0.2) is 4.68 Å². The fourth-order valence-electron chi connectivity index (χ4n) is 2.86. The maximum atomic E-state index is 13.1. The van der Waals surface area contributed by atoms with Crippen molar-refractivity contribution in [2.75, 3.05) is 10.6 Å². The highest BCUT2D eigenvalue weighted by atomic mass is 19.4. The van der Waals surface area contributed by atoms with E-state index in [-0.39, 0.29) is 5.69 Å². The first-order valence-corrected chi connectivity index (χ1v) is 9.47. The van der Waals surface area contributed by atoms with Gasteiger partial charge in [0.2, 0.25) is 5.91 Å². The third-order valence-corrected chi connectivity index (χ3v) is 4.66. The largest absolute Gasteiger partial charge is 0.418 e. The van der Waals surface area contributed by atoms with Crippen LogP contribution in [0.2, 0.25) is 0 Å². The van der Waals surface area contributed by atoms with Crippen LogP contribution in [0.4, 0.5) is 24.5 Å². The molecule has 1 aromatic heterocycles. The predicted molar refractivity (Wildman–Crippen MR) is 112 cm³/mol. The molecule has 0 aliphatic rings. The highest BCUT2D eigenvalue weighted by Gasteiger charge is 2.33. The van der Waals surface area contributed by atoms with Crippen molar-refractivity contribution in [3.8, 4) is 0 Å². The van der Waals surface area contributed by atoms with Crippen molar-refractivity contribution >= 4 is 23.2 Å². The average Bonchev–Trinajstić information content (AvgIpc) is 2.72. The zero-order chi connectivity index (χ0) is 23.5. The summed E-state index contributed by atoms with van der Waals surface area (Å²) in [5.74, 6) is -1.51. The number of nitrogens with zero attached hydrogens (tertiary/aromatic N) is 2. The summed E-state index contributed by atoms with van der Waals surface area (Å²) in [5, 5.41) is 8.65. The highest BCUT2D eigenvalue weighted by Crippen LogP contribution is 2.34. The summed E-state index contributed by atoms with van der Waals surface area (Å²) >= 11 is 0. The molecule has 0 radical (unpaired) electrons. The van der Waals surface area contributed by atoms with E-state index in [4.69, 9.17) is 0 Å². The van der Waals surface area contributed by atoms with E-state index in [0.717, 1.165) is 29.3 Å². The molecule has 3 rings (SSSR count). The molecule has 0 aliphatic carbocycles. The SMILES string of the molecule is Cc1ccc(NC(=O)c2ccc(=O)n(CC(=O)Nc3ccccc3C(F)(F)F)n2)cc1C. The lowest BCUT2D eigenvalue weighted by Gasteiger charge is -2.14. The number of hydrogen-bond donors (Lipinski definition) is 2. The maximum Gasteiger partial charge on any atom is 0.418 e. The van der Waals surface area contributed by atoms with Gasteiger partial charge in [-0.15, -0.1) is 0 Å². The van der Waals surface area contributed by atoms with Gasteiger partial charge in [-0.2, -0.15) is 18.3 Å². The van der Waals surface area contributed by atoms with Crippen LogP contribution in [0.25, 0.3) is 0 Å². The van der Waals surface area contributed by atoms with E-state index in [1.54, 1.807) is 12.1 Å². The van der Waals surface area contributed by atoms with E-state index in [1.807, 2.05) is 19.9 Å². The van der Waals surface area contributed by atoms with Crippen molar-refractivity contribution < 1.29 is 22.8 Å². The maximum absolute atomic E-state index is 13.1. The Hall–Kier alpha value is -3.95. The van der Waals surface area contributed by atoms with Crippen LogP contribution in [0.3, 0.4) is 0 Å². The van der Waals surface area contributed by atoms with Crippen LogP contribution in [0.5, 0.6) is 0 Å². The molecule has 2 aromatic carbocycles. The van der Waals surface area contributed by atoms with Gasteiger partial charge in [-0.3, -0.25) is 14.4 Å². The number of halogens is 3. The molecule has 10 heteroatoms. The minimum Gasteiger partial charge on any atom is -0.324 e. The first kappa shape index (κ1) is 22.7. The van der Waals surface area contributed by atoms with Crippen molar-refractivity contribution in [2.45, 2.75) is 26.6 Å². The first-order valence-electron chi connectivity index (χ1n) is 9.47. The van der Waals surface area contributed by atoms with Gasteiger partial charge in [0.25, 0.3) is 11.5 Å². The van der Waals surface area contributed by atoms with Crippen LogP contribution in [0.1, 0.15) is 27.2 Å². The van der Waals surface area contributed by atoms with Crippen LogP contribution in [-0.2, 0) is 17.5 Å². The molecule has 0 fully saturated rings. The molecule has 0 aliphatic heterocycles. The molecule has 0 saturated carbocycles. The van der Waals surface area contributed by atoms with Gasteiger partial charge in [-0.1, -0.05) is 18.2 Å². The zero-order valence-electron chi connectivity index (χ0n) is 17.2. The Morgan fingerprint density at radius 2 is 1.69 bits per heavy atom. The Morgan fingerprint density at radius 1 is 0.969 bits per heavy atom. The second kappa shape index (κ2) is 9.04. The molecule has 1 heterocycles. The Labute approximate surface area is 180 Å². The Kier molecular flexibility index (Phi) is 6.42. The number of rotatable bonds is 5. The molecule has 3 aromatic rings. The molecule has 2 N–H and O–H groups in total. The number of amides is 2. The zero-order valence-corrected chi connectivity index (χ0v) is 17.2. The summed E-state index contributed by atoms with van der Waals surface area (Å²) in [5.41, 5.74) is 0.263. The third kappa shape index (κ3) is 5.39. The van der Waals surface area contributed by atoms with Gasteiger partial charge in [0.05, 0.1) is 11.3 Å². The van der Waals surface area contributed by atoms with Gasteiger partial charge in [0.15, 0.2) is 0 Å². The number of benzene rings is 2. The van der Waals surface area contributed by atoms with E-state index >= 15 is 0 Å². The predicted octanol–water partition coefficient (Wildman–Crippen LogP) is 3.77. The Morgan fingerprint density at radius 3 is 2.38 bits per heavy atom. The summed E-state index contributed by atoms with van der Waals surface area (Å²) in [4.78, 5) is 36.8. The summed E-state index contributed by atoms with van der Waals surface area (Å²) in [6, 6.07) is 12.0. The summed E-state index contributed by atoms with van der Waals surface area (Å²) in [7, 11) is 0. The van der Waals surface area contributed by atoms with E-state index in [2.05, 4.69) is 15.7 Å². The third-order valence-electron chi connectivity index (χ3n) is 4.66. The number of aromatic nitrogens is 2. The smallest absolute Gasteiger partial charge is 0.324 e. The number of aryl methyl sites for hydroxylation is 2. The molecular weight excluding hydrogens is 425 g/mol. The number of nitrogens with one attached hydrogen (secondary N) is 2. The van der Waals surface area contributed by atoms with Gasteiger partial charge in [-0.05, 0) is 55.3 Å². The second-order valence-corrected chi connectivity index (χ2v) is 7.06. The van der Waals surface area contributed by atoms with Crippen molar-refractivity contribution in [2.24, 2.45) is 0 Å². The normalized spacial score (nSPS) is 11.2. The second-order valence-electron chi connectivity index (χ2n) is 7.06. The van der Waals surface area contributed by atoms with Gasteiger partial charge < -0.3 is 10.6 Å². The van der Waals surface area contributed by atoms with E-state index < -0.39 is 41.3 Å². The Balaban J connectivity index is 1.76. The number of para-hydroxylation sites is 1. The quantitative estimate of drug-likeness (QED) is 0.627. The minimum absolute atomic E-state index is 0.133. The summed E-state index contributed by atoms with van der Waals surface area (Å²) in [6.07, 6.45) is -4.66. The number of hydrogen-bond acceptors (Lipinski definition) is 4. The van der Waals surface area contributed by atoms with Crippen LogP contribution in [0, 0.1) is 13.8 Å². The molecule has 32 heavy (non-hydrogen) atoms. The average molecular weight is 444 g/mol. The van der Waals surface area contributed by atoms with Crippen LogP contribution < -0.4 is 16.2 Å². The monoisotopic (exact) mass is 444 g/mol. The van der Waals surface area contributed by atoms with E-state index in [9.17, 15) is 27.6 Å². The minimum atomic E-state index is -4.66. The standard InChI is InChI=1S/C22H19F3N4O3/c1-13-7-8-15(11-14(13)2)26-21(32)18-9-10-20(31)29(28-18)12-19(30)27-17-6-4-3-5-16(17)22(23,24)25/h3-11H,12H2,1-2H3,(H,26,32)(H,27,30). The van der Waals surface area contributed by atoms with E-state index in [1.165, 1.54) is 18.2 Å². The lowest BCUT2D eigenvalue weighted by molar-refractivity contribution is -0.137. The molecule has 0 unspecified atom stereocenters. The Bertz CT molecular complexity index is 1240. The van der Waals surface area contributed by atoms with Crippen LogP contribution in [0.15, 0.2) is 59.4 Å². The molecule has 0 saturated heterocycles. The molecule has 7 nitrogen and oxygen atoms in total. The van der Waals surface area contributed by atoms with Crippen molar-refractivity contribution in [1.82, 2.24) is 9.78 Å². The fourth-order valence-corrected chi connectivity index (χ4v) is 2.86. The summed E-state index contributed by atoms with van der Waals surface area (Å²) < 4.78 is 40.0.